The first-order valence-corrected chi connectivity index (χ1v) is 13.5. The molecule has 2 aliphatic heterocycles. The molecule has 0 aromatic carbocycles. The van der Waals surface area contributed by atoms with Gasteiger partial charge in [0, 0.05) is 18.4 Å². The zero-order chi connectivity index (χ0) is 24.4. The van der Waals surface area contributed by atoms with E-state index in [-0.39, 0.29) is 35.0 Å². The maximum absolute atomic E-state index is 13.2. The molecule has 4 fully saturated rings. The Hall–Kier alpha value is -2.50. The molecule has 0 radical (unpaired) electrons. The van der Waals surface area contributed by atoms with Gasteiger partial charge in [-0.3, -0.25) is 19.2 Å². The summed E-state index contributed by atoms with van der Waals surface area (Å²) >= 11 is 0. The lowest BCUT2D eigenvalue weighted by Crippen LogP contribution is -2.35. The minimum Gasteiger partial charge on any atom is -0.356 e. The fraction of sp³-hybridized carbons (Fsp3) is 0.655. The molecule has 6 rings (SSSR count). The Kier molecular flexibility index (Phi) is 5.61. The number of nitrogens with one attached hydrogen (secondary N) is 2. The van der Waals surface area contributed by atoms with Crippen molar-refractivity contribution in [2.45, 2.75) is 52.0 Å². The van der Waals surface area contributed by atoms with Crippen LogP contribution in [0.2, 0.25) is 0 Å². The molecular weight excluding hydrogens is 440 g/mol. The van der Waals surface area contributed by atoms with Crippen molar-refractivity contribution in [3.05, 3.63) is 36.0 Å². The third-order valence-electron chi connectivity index (χ3n) is 10.3. The van der Waals surface area contributed by atoms with Crippen molar-refractivity contribution in [1.82, 2.24) is 10.6 Å². The number of amides is 2. The van der Waals surface area contributed by atoms with E-state index >= 15 is 0 Å². The monoisotopic (exact) mass is 476 g/mol. The van der Waals surface area contributed by atoms with Gasteiger partial charge in [-0.1, -0.05) is 37.3 Å². The molecule has 6 nitrogen and oxygen atoms in total. The van der Waals surface area contributed by atoms with E-state index in [1.165, 1.54) is 6.42 Å². The average Bonchev–Trinajstić information content (AvgIpc) is 3.48. The zero-order valence-electron chi connectivity index (χ0n) is 20.6. The Morgan fingerprint density at radius 2 is 1.83 bits per heavy atom. The Morgan fingerprint density at radius 1 is 1.00 bits per heavy atom. The highest BCUT2D eigenvalue weighted by Gasteiger charge is 2.58. The fourth-order valence-electron chi connectivity index (χ4n) is 8.77. The van der Waals surface area contributed by atoms with Crippen molar-refractivity contribution < 1.29 is 19.2 Å². The quantitative estimate of drug-likeness (QED) is 0.450. The smallest absolute Gasteiger partial charge is 0.255 e. The first-order valence-electron chi connectivity index (χ1n) is 13.5. The Labute approximate surface area is 207 Å². The molecule has 0 aromatic rings. The fourth-order valence-corrected chi connectivity index (χ4v) is 8.77. The van der Waals surface area contributed by atoms with Gasteiger partial charge in [0.05, 0.1) is 17.5 Å². The van der Waals surface area contributed by atoms with Crippen molar-refractivity contribution in [2.75, 3.05) is 6.54 Å². The van der Waals surface area contributed by atoms with E-state index in [0.29, 0.717) is 66.6 Å². The maximum Gasteiger partial charge on any atom is 0.255 e. The highest BCUT2D eigenvalue weighted by molar-refractivity contribution is 6.26. The second-order valence-electron chi connectivity index (χ2n) is 12.0. The van der Waals surface area contributed by atoms with Crippen LogP contribution < -0.4 is 10.6 Å². The summed E-state index contributed by atoms with van der Waals surface area (Å²) in [6, 6.07) is -0.478. The van der Waals surface area contributed by atoms with E-state index < -0.39 is 12.0 Å². The summed E-state index contributed by atoms with van der Waals surface area (Å²) in [6.45, 7) is 4.54. The molecule has 2 N–H and O–H groups in total. The van der Waals surface area contributed by atoms with E-state index in [0.717, 1.165) is 12.8 Å². The number of carbonyl (C=O) groups is 4. The van der Waals surface area contributed by atoms with Crippen LogP contribution in [0.25, 0.3) is 0 Å². The first kappa shape index (κ1) is 22.9. The Morgan fingerprint density at radius 3 is 2.63 bits per heavy atom. The molecule has 11 atom stereocenters. The van der Waals surface area contributed by atoms with Gasteiger partial charge in [-0.15, -0.1) is 0 Å². The number of hydrogen-bond acceptors (Lipinski definition) is 4. The average molecular weight is 477 g/mol. The van der Waals surface area contributed by atoms with Crippen molar-refractivity contribution in [1.29, 1.82) is 0 Å². The van der Waals surface area contributed by atoms with Crippen molar-refractivity contribution in [3.8, 4) is 0 Å². The van der Waals surface area contributed by atoms with E-state index in [9.17, 15) is 19.2 Å². The summed E-state index contributed by atoms with van der Waals surface area (Å²) in [5.74, 6) is 3.07. The van der Waals surface area contributed by atoms with Gasteiger partial charge in [0.25, 0.3) is 5.91 Å². The topological polar surface area (TPSA) is 92.3 Å². The highest BCUT2D eigenvalue weighted by atomic mass is 16.2. The van der Waals surface area contributed by atoms with Gasteiger partial charge >= 0.3 is 0 Å². The minimum absolute atomic E-state index is 0.0346. The lowest BCUT2D eigenvalue weighted by molar-refractivity contribution is -0.124. The van der Waals surface area contributed by atoms with Gasteiger partial charge in [0.2, 0.25) is 5.91 Å². The van der Waals surface area contributed by atoms with Crippen LogP contribution in [0, 0.1) is 59.2 Å². The molecule has 1 saturated heterocycles. The highest BCUT2D eigenvalue weighted by Crippen LogP contribution is 2.63. The molecule has 3 saturated carbocycles. The van der Waals surface area contributed by atoms with Crippen LogP contribution in [0.15, 0.2) is 36.0 Å². The summed E-state index contributed by atoms with van der Waals surface area (Å²) in [4.78, 5) is 50.8. The summed E-state index contributed by atoms with van der Waals surface area (Å²) in [6.07, 6.45) is 15.0. The molecule has 6 heteroatoms. The second kappa shape index (κ2) is 8.56. The van der Waals surface area contributed by atoms with E-state index in [1.807, 2.05) is 0 Å². The van der Waals surface area contributed by atoms with Crippen LogP contribution in [-0.2, 0) is 19.2 Å². The molecule has 186 valence electrons. The molecule has 4 aliphatic carbocycles. The number of rotatable bonds is 1. The van der Waals surface area contributed by atoms with Crippen LogP contribution >= 0.6 is 0 Å². The molecule has 2 bridgehead atoms. The van der Waals surface area contributed by atoms with Crippen LogP contribution in [-0.4, -0.2) is 36.0 Å². The van der Waals surface area contributed by atoms with Crippen LogP contribution in [0.1, 0.15) is 46.0 Å². The normalized spacial score (nSPS) is 46.3. The predicted molar refractivity (Wildman–Crippen MR) is 131 cm³/mol. The van der Waals surface area contributed by atoms with E-state index in [1.54, 1.807) is 13.0 Å². The van der Waals surface area contributed by atoms with Crippen molar-refractivity contribution >= 4 is 23.4 Å². The Bertz CT molecular complexity index is 1060. The predicted octanol–water partition coefficient (Wildman–Crippen LogP) is 3.00. The lowest BCUT2D eigenvalue weighted by Gasteiger charge is -2.26. The van der Waals surface area contributed by atoms with Gasteiger partial charge in [-0.25, -0.2) is 0 Å². The molecule has 6 aliphatic rings. The van der Waals surface area contributed by atoms with Gasteiger partial charge in [-0.05, 0) is 80.5 Å². The molecule has 2 amide bonds. The number of fused-ring (bicyclic) bond motifs is 8. The molecule has 11 unspecified atom stereocenters. The molecule has 35 heavy (non-hydrogen) atoms. The summed E-state index contributed by atoms with van der Waals surface area (Å²) in [5.41, 5.74) is 0.205. The summed E-state index contributed by atoms with van der Waals surface area (Å²) < 4.78 is 0. The SMILES string of the molecule is CC(=O)C1CC2CC3C4C=CC5C(=O)NCCCC6NC(=O)C(=CC5C=CC4CC3C2C1C)C6=O. The van der Waals surface area contributed by atoms with E-state index in [4.69, 9.17) is 0 Å². The van der Waals surface area contributed by atoms with Gasteiger partial charge in [0.15, 0.2) is 5.78 Å². The van der Waals surface area contributed by atoms with Crippen molar-refractivity contribution in [2.24, 2.45) is 59.2 Å². The molecule has 2 heterocycles. The van der Waals surface area contributed by atoms with Crippen LogP contribution in [0.3, 0.4) is 0 Å². The third-order valence-corrected chi connectivity index (χ3v) is 10.3. The summed E-state index contributed by atoms with van der Waals surface area (Å²) in [5, 5.41) is 5.88. The minimum atomic E-state index is -0.478. The third kappa shape index (κ3) is 3.66. The van der Waals surface area contributed by atoms with Crippen LogP contribution in [0.4, 0.5) is 0 Å². The van der Waals surface area contributed by atoms with Gasteiger partial charge < -0.3 is 10.6 Å². The van der Waals surface area contributed by atoms with E-state index in [2.05, 4.69) is 41.9 Å². The number of ketones is 2. The molecule has 0 aromatic heterocycles. The van der Waals surface area contributed by atoms with Crippen molar-refractivity contribution in [3.63, 3.8) is 0 Å². The number of Topliss-reactive ketones (excluding diaryl/α,β-unsaturated/α-hetero) is 2. The Balaban J connectivity index is 1.31. The van der Waals surface area contributed by atoms with Gasteiger partial charge in [0.1, 0.15) is 5.78 Å². The first-order chi connectivity index (χ1) is 16.8. The standard InChI is InChI=1S/C29H36N2O4/c1-14-21(15(2)32)12-18-13-22-19-7-8-20-17(6-5-16(19)10-23(22)26(14)18)11-24-27(33)25(31-29(24)35)4-3-9-30-28(20)34/h5-8,11,14,16-23,25-26H,3-4,9-10,12-13H2,1-2H3,(H,30,34)(H,31,35). The largest absolute Gasteiger partial charge is 0.356 e. The molecule has 0 spiro atoms. The number of hydrogen-bond donors (Lipinski definition) is 2. The number of allylic oxidation sites excluding steroid dienone is 4. The molecular formula is C29H36N2O4. The second-order valence-corrected chi connectivity index (χ2v) is 12.0. The maximum atomic E-state index is 13.2. The lowest BCUT2D eigenvalue weighted by atomic mass is 9.79. The summed E-state index contributed by atoms with van der Waals surface area (Å²) in [7, 11) is 0. The van der Waals surface area contributed by atoms with Crippen LogP contribution in [0.5, 0.6) is 0 Å². The van der Waals surface area contributed by atoms with Gasteiger partial charge in [-0.2, -0.15) is 0 Å². The number of carbonyl (C=O) groups excluding carboxylic acids is 4. The zero-order valence-corrected chi connectivity index (χ0v) is 20.6.